The van der Waals surface area contributed by atoms with Gasteiger partial charge in [-0.2, -0.15) is 0 Å². The van der Waals surface area contributed by atoms with E-state index < -0.39 is 43.1 Å². The number of carboxylic acid groups (broad SMARTS) is 2. The Morgan fingerprint density at radius 1 is 0.844 bits per heavy atom. The van der Waals surface area contributed by atoms with Crippen molar-refractivity contribution in [2.45, 2.75) is 103 Å². The smallest absolute Gasteiger partial charge is 0.333 e. The number of allylic oxidation sites excluding steroid dienone is 1. The summed E-state index contributed by atoms with van der Waals surface area (Å²) in [5.41, 5.74) is 0. The molecule has 9 nitrogen and oxygen atoms in total. The maximum Gasteiger partial charge on any atom is 0.333 e. The number of esters is 1. The van der Waals surface area contributed by atoms with E-state index in [9.17, 15) is 14.4 Å². The van der Waals surface area contributed by atoms with E-state index in [1.807, 2.05) is 6.08 Å². The molecule has 0 aliphatic carbocycles. The Hall–Kier alpha value is -1.97. The van der Waals surface area contributed by atoms with Crippen LogP contribution in [0.5, 0.6) is 0 Å². The van der Waals surface area contributed by atoms with E-state index in [1.54, 1.807) is 0 Å². The van der Waals surface area contributed by atoms with E-state index >= 15 is 0 Å². The van der Waals surface area contributed by atoms with Crippen LogP contribution in [-0.4, -0.2) is 68.9 Å². The molecule has 0 spiro atoms. The van der Waals surface area contributed by atoms with Gasteiger partial charge in [0.25, 0.3) is 0 Å². The standard InChI is InChI=1S/C19H36O4.C4H6O5/c1-2-3-4-5-6-7-8-9-10-11-12-13-14-15-19(22)23-17-18(21)16-20;5-2(4(8)9)1-3(6)7/h14-15,18,20-21H,2-13,16-17H2,1H3;2,5H,1H2,(H,6,7)(H,8,9). The van der Waals surface area contributed by atoms with Gasteiger partial charge in [0.1, 0.15) is 12.7 Å². The molecule has 2 unspecified atom stereocenters. The first-order valence-electron chi connectivity index (χ1n) is 11.5. The number of hydrogen-bond acceptors (Lipinski definition) is 7. The molecule has 0 saturated heterocycles. The monoisotopic (exact) mass is 462 g/mol. The topological polar surface area (TPSA) is 162 Å². The zero-order valence-electron chi connectivity index (χ0n) is 19.3. The highest BCUT2D eigenvalue weighted by Crippen LogP contribution is 2.12. The molecule has 0 aromatic rings. The van der Waals surface area contributed by atoms with Crippen LogP contribution in [-0.2, 0) is 19.1 Å². The van der Waals surface area contributed by atoms with Crippen molar-refractivity contribution < 1.29 is 44.7 Å². The lowest BCUT2D eigenvalue weighted by Crippen LogP contribution is -2.22. The number of unbranched alkanes of at least 4 members (excludes halogenated alkanes) is 11. The van der Waals surface area contributed by atoms with Crippen LogP contribution >= 0.6 is 0 Å². The molecule has 0 radical (unpaired) electrons. The minimum Gasteiger partial charge on any atom is -0.481 e. The van der Waals surface area contributed by atoms with Crippen molar-refractivity contribution in [3.8, 4) is 0 Å². The molecule has 0 aromatic carbocycles. The average Bonchev–Trinajstić information content (AvgIpc) is 2.75. The van der Waals surface area contributed by atoms with E-state index in [0.29, 0.717) is 0 Å². The first-order chi connectivity index (χ1) is 15.2. The molecular weight excluding hydrogens is 420 g/mol. The second-order valence-corrected chi connectivity index (χ2v) is 7.64. The van der Waals surface area contributed by atoms with Gasteiger partial charge in [-0.15, -0.1) is 0 Å². The van der Waals surface area contributed by atoms with Crippen LogP contribution in [0.25, 0.3) is 0 Å². The summed E-state index contributed by atoms with van der Waals surface area (Å²) in [7, 11) is 0. The average molecular weight is 463 g/mol. The lowest BCUT2D eigenvalue weighted by Gasteiger charge is -2.06. The van der Waals surface area contributed by atoms with Crippen LogP contribution in [0, 0.1) is 0 Å². The molecule has 0 rings (SSSR count). The molecule has 32 heavy (non-hydrogen) atoms. The SMILES string of the molecule is CCCCCCCCCCCCCC=CC(=O)OCC(O)CO.O=C(O)CC(O)C(=O)O. The van der Waals surface area contributed by atoms with Crippen LogP contribution < -0.4 is 0 Å². The molecule has 188 valence electrons. The Kier molecular flexibility index (Phi) is 23.8. The van der Waals surface area contributed by atoms with Gasteiger partial charge in [0.05, 0.1) is 13.0 Å². The van der Waals surface area contributed by atoms with Crippen LogP contribution in [0.3, 0.4) is 0 Å². The third-order valence-electron chi connectivity index (χ3n) is 4.51. The number of aliphatic carboxylic acids is 2. The van der Waals surface area contributed by atoms with E-state index in [1.165, 1.54) is 70.3 Å². The molecule has 0 saturated carbocycles. The van der Waals surface area contributed by atoms with Gasteiger partial charge in [0.15, 0.2) is 6.10 Å². The molecule has 0 aromatic heterocycles. The summed E-state index contributed by atoms with van der Waals surface area (Å²) in [5, 5.41) is 41.8. The molecule has 2 atom stereocenters. The normalized spacial score (nSPS) is 12.6. The summed E-state index contributed by atoms with van der Waals surface area (Å²) >= 11 is 0. The van der Waals surface area contributed by atoms with Crippen molar-refractivity contribution in [3.05, 3.63) is 12.2 Å². The molecule has 5 N–H and O–H groups in total. The number of carbonyl (C=O) groups is 3. The number of aliphatic hydroxyl groups is 3. The van der Waals surface area contributed by atoms with Gasteiger partial charge in [-0.3, -0.25) is 4.79 Å². The Labute approximate surface area is 191 Å². The van der Waals surface area contributed by atoms with Crippen LogP contribution in [0.4, 0.5) is 0 Å². The summed E-state index contributed by atoms with van der Waals surface area (Å²) in [4.78, 5) is 30.7. The Bertz CT molecular complexity index is 506. The first-order valence-corrected chi connectivity index (χ1v) is 11.5. The van der Waals surface area contributed by atoms with Crippen LogP contribution in [0.2, 0.25) is 0 Å². The number of aliphatic hydroxyl groups excluding tert-OH is 3. The van der Waals surface area contributed by atoms with Gasteiger partial charge in [-0.1, -0.05) is 77.2 Å². The quantitative estimate of drug-likeness (QED) is 0.110. The zero-order chi connectivity index (χ0) is 24.6. The highest BCUT2D eigenvalue weighted by atomic mass is 16.5. The van der Waals surface area contributed by atoms with Gasteiger partial charge in [-0.25, -0.2) is 9.59 Å². The fourth-order valence-electron chi connectivity index (χ4n) is 2.64. The van der Waals surface area contributed by atoms with Crippen molar-refractivity contribution in [3.63, 3.8) is 0 Å². The maximum absolute atomic E-state index is 11.3. The molecule has 0 amide bonds. The third-order valence-corrected chi connectivity index (χ3v) is 4.51. The summed E-state index contributed by atoms with van der Waals surface area (Å²) in [5.74, 6) is -3.30. The lowest BCUT2D eigenvalue weighted by atomic mass is 10.1. The van der Waals surface area contributed by atoms with Crippen LogP contribution in [0.15, 0.2) is 12.2 Å². The highest BCUT2D eigenvalue weighted by molar-refractivity contribution is 5.81. The molecular formula is C23H42O9. The lowest BCUT2D eigenvalue weighted by molar-refractivity contribution is -0.152. The fourth-order valence-corrected chi connectivity index (χ4v) is 2.64. The molecule has 0 aliphatic rings. The van der Waals surface area contributed by atoms with Gasteiger partial charge in [0.2, 0.25) is 0 Å². The van der Waals surface area contributed by atoms with Gasteiger partial charge < -0.3 is 30.3 Å². The van der Waals surface area contributed by atoms with Gasteiger partial charge >= 0.3 is 17.9 Å². The van der Waals surface area contributed by atoms with Crippen molar-refractivity contribution in [2.75, 3.05) is 13.2 Å². The minimum atomic E-state index is -1.79. The maximum atomic E-state index is 11.3. The van der Waals surface area contributed by atoms with Crippen molar-refractivity contribution in [2.24, 2.45) is 0 Å². The van der Waals surface area contributed by atoms with E-state index in [0.717, 1.165) is 12.8 Å². The third kappa shape index (κ3) is 26.1. The number of rotatable bonds is 19. The van der Waals surface area contributed by atoms with E-state index in [-0.39, 0.29) is 6.61 Å². The number of hydrogen-bond donors (Lipinski definition) is 5. The fraction of sp³-hybridized carbons (Fsp3) is 0.783. The van der Waals surface area contributed by atoms with E-state index in [2.05, 4.69) is 6.92 Å². The summed E-state index contributed by atoms with van der Waals surface area (Å²) in [6.07, 6.45) is 15.1. The molecule has 9 heteroatoms. The number of carbonyl (C=O) groups excluding carboxylic acids is 1. The molecule has 0 bridgehead atoms. The Morgan fingerprint density at radius 2 is 1.34 bits per heavy atom. The molecule has 0 aliphatic heterocycles. The van der Waals surface area contributed by atoms with Crippen molar-refractivity contribution in [1.82, 2.24) is 0 Å². The Morgan fingerprint density at radius 3 is 1.75 bits per heavy atom. The number of carboxylic acids is 2. The Balaban J connectivity index is 0. The minimum absolute atomic E-state index is 0.155. The molecule has 0 fully saturated rings. The summed E-state index contributed by atoms with van der Waals surface area (Å²) < 4.78 is 4.77. The predicted molar refractivity (Wildman–Crippen MR) is 120 cm³/mol. The molecule has 0 heterocycles. The number of ether oxygens (including phenoxy) is 1. The second-order valence-electron chi connectivity index (χ2n) is 7.64. The first kappa shape index (κ1) is 32.2. The van der Waals surface area contributed by atoms with Crippen molar-refractivity contribution in [1.29, 1.82) is 0 Å². The van der Waals surface area contributed by atoms with Crippen LogP contribution in [0.1, 0.15) is 90.4 Å². The predicted octanol–water partition coefficient (Wildman–Crippen LogP) is 3.05. The van der Waals surface area contributed by atoms with Crippen molar-refractivity contribution >= 4 is 17.9 Å². The summed E-state index contributed by atoms with van der Waals surface area (Å²) in [6.45, 7) is 1.70. The van der Waals surface area contributed by atoms with E-state index in [4.69, 9.17) is 30.3 Å². The van der Waals surface area contributed by atoms with Gasteiger partial charge in [-0.05, 0) is 12.8 Å². The zero-order valence-corrected chi connectivity index (χ0v) is 19.3. The highest BCUT2D eigenvalue weighted by Gasteiger charge is 2.16. The largest absolute Gasteiger partial charge is 0.481 e. The van der Waals surface area contributed by atoms with Gasteiger partial charge in [0, 0.05) is 6.08 Å². The second kappa shape index (κ2) is 23.7. The summed E-state index contributed by atoms with van der Waals surface area (Å²) in [6, 6.07) is 0.